The molecule has 6 nitrogen and oxygen atoms in total. The van der Waals surface area contributed by atoms with Gasteiger partial charge in [-0.05, 0) is 24.5 Å². The molecule has 0 aliphatic rings. The fourth-order valence-electron chi connectivity index (χ4n) is 1.47. The van der Waals surface area contributed by atoms with Crippen molar-refractivity contribution < 1.29 is 24.2 Å². The number of esters is 2. The average molecular weight is 253 g/mol. The second-order valence-electron chi connectivity index (χ2n) is 3.54. The third kappa shape index (κ3) is 3.27. The van der Waals surface area contributed by atoms with E-state index in [9.17, 15) is 9.59 Å². The fourth-order valence-corrected chi connectivity index (χ4v) is 1.47. The number of rotatable bonds is 5. The number of nitrogens with zero attached hydrogens (tertiary/aromatic N) is 1. The van der Waals surface area contributed by atoms with E-state index in [1.54, 1.807) is 0 Å². The number of hydrogen-bond donors (Lipinski definition) is 1. The summed E-state index contributed by atoms with van der Waals surface area (Å²) in [5.41, 5.74) is 0.940. The molecule has 0 fully saturated rings. The van der Waals surface area contributed by atoms with E-state index in [0.29, 0.717) is 18.4 Å². The van der Waals surface area contributed by atoms with E-state index in [-0.39, 0.29) is 17.9 Å². The topological polar surface area (TPSA) is 85.7 Å². The van der Waals surface area contributed by atoms with Gasteiger partial charge in [0.2, 0.25) is 0 Å². The smallest absolute Gasteiger partial charge is 0.356 e. The lowest BCUT2D eigenvalue weighted by atomic mass is 10.0. The summed E-state index contributed by atoms with van der Waals surface area (Å²) in [4.78, 5) is 26.8. The van der Waals surface area contributed by atoms with Crippen molar-refractivity contribution in [2.24, 2.45) is 0 Å². The summed E-state index contributed by atoms with van der Waals surface area (Å²) in [6, 6.07) is 1.34. The first-order valence-corrected chi connectivity index (χ1v) is 5.40. The molecule has 0 bridgehead atoms. The quantitative estimate of drug-likeness (QED) is 0.772. The van der Waals surface area contributed by atoms with E-state index in [1.807, 2.05) is 0 Å². The lowest BCUT2D eigenvalue weighted by Crippen LogP contribution is -2.12. The van der Waals surface area contributed by atoms with E-state index in [4.69, 9.17) is 5.11 Å². The summed E-state index contributed by atoms with van der Waals surface area (Å²) in [6.45, 7) is 0.0133. The van der Waals surface area contributed by atoms with Crippen molar-refractivity contribution in [3.63, 3.8) is 0 Å². The monoisotopic (exact) mass is 253 g/mol. The molecule has 1 N–H and O–H groups in total. The van der Waals surface area contributed by atoms with Crippen LogP contribution in [0.5, 0.6) is 0 Å². The Bertz CT molecular complexity index is 444. The Morgan fingerprint density at radius 2 is 1.94 bits per heavy atom. The van der Waals surface area contributed by atoms with Gasteiger partial charge in [-0.2, -0.15) is 0 Å². The number of aromatic nitrogens is 1. The molecule has 1 aromatic heterocycles. The third-order valence-electron chi connectivity index (χ3n) is 2.39. The first kappa shape index (κ1) is 14.1. The van der Waals surface area contributed by atoms with Gasteiger partial charge in [-0.3, -0.25) is 0 Å². The molecule has 0 saturated carbocycles. The number of aliphatic hydroxyl groups is 1. The molecule has 1 rings (SSSR count). The first-order valence-electron chi connectivity index (χ1n) is 5.40. The molecule has 0 aromatic carbocycles. The van der Waals surface area contributed by atoms with Crippen LogP contribution >= 0.6 is 0 Å². The van der Waals surface area contributed by atoms with Gasteiger partial charge in [0.05, 0.1) is 19.8 Å². The Balaban J connectivity index is 3.11. The number of methoxy groups -OCH3 is 2. The molecular formula is C12H15NO5. The molecular weight excluding hydrogens is 238 g/mol. The molecule has 0 spiro atoms. The summed E-state index contributed by atoms with van der Waals surface area (Å²) < 4.78 is 9.18. The summed E-state index contributed by atoms with van der Waals surface area (Å²) in [5.74, 6) is -1.16. The zero-order valence-electron chi connectivity index (χ0n) is 10.3. The van der Waals surface area contributed by atoms with Gasteiger partial charge in [-0.1, -0.05) is 0 Å². The molecule has 0 unspecified atom stereocenters. The maximum Gasteiger partial charge on any atom is 0.356 e. The van der Waals surface area contributed by atoms with E-state index < -0.39 is 11.9 Å². The maximum absolute atomic E-state index is 11.6. The molecule has 1 heterocycles. The highest BCUT2D eigenvalue weighted by Gasteiger charge is 2.16. The predicted molar refractivity (Wildman–Crippen MR) is 62.3 cm³/mol. The van der Waals surface area contributed by atoms with Crippen molar-refractivity contribution in [3.8, 4) is 0 Å². The molecule has 6 heteroatoms. The Morgan fingerprint density at radius 1 is 1.28 bits per heavy atom. The Kier molecular flexibility index (Phi) is 5.26. The molecule has 0 amide bonds. The Hall–Kier alpha value is -1.95. The summed E-state index contributed by atoms with van der Waals surface area (Å²) in [7, 11) is 2.50. The predicted octanol–water partition coefficient (Wildman–Crippen LogP) is 0.580. The van der Waals surface area contributed by atoms with Gasteiger partial charge < -0.3 is 14.6 Å². The Morgan fingerprint density at radius 3 is 2.50 bits per heavy atom. The number of pyridine rings is 1. The molecule has 0 aliphatic carbocycles. The van der Waals surface area contributed by atoms with Crippen LogP contribution in [0.1, 0.15) is 32.8 Å². The highest BCUT2D eigenvalue weighted by molar-refractivity contribution is 5.95. The molecule has 0 aliphatic heterocycles. The van der Waals surface area contributed by atoms with E-state index in [1.165, 1.54) is 26.5 Å². The summed E-state index contributed by atoms with van der Waals surface area (Å²) >= 11 is 0. The minimum atomic E-state index is -0.617. The van der Waals surface area contributed by atoms with Crippen LogP contribution in [0.4, 0.5) is 0 Å². The van der Waals surface area contributed by atoms with Gasteiger partial charge >= 0.3 is 11.9 Å². The normalized spacial score (nSPS) is 9.94. The zero-order chi connectivity index (χ0) is 13.5. The van der Waals surface area contributed by atoms with Crippen molar-refractivity contribution in [2.45, 2.75) is 12.8 Å². The number of carbonyl (C=O) groups is 2. The van der Waals surface area contributed by atoms with Crippen molar-refractivity contribution in [2.75, 3.05) is 20.8 Å². The van der Waals surface area contributed by atoms with Gasteiger partial charge in [-0.15, -0.1) is 0 Å². The molecule has 1 aromatic rings. The van der Waals surface area contributed by atoms with Crippen LogP contribution in [0.15, 0.2) is 12.3 Å². The number of hydrogen-bond acceptors (Lipinski definition) is 6. The van der Waals surface area contributed by atoms with E-state index >= 15 is 0 Å². The van der Waals surface area contributed by atoms with Crippen molar-refractivity contribution in [3.05, 3.63) is 29.1 Å². The minimum absolute atomic E-state index is 0.0133. The number of ether oxygens (including phenoxy) is 2. The second kappa shape index (κ2) is 6.70. The number of carbonyl (C=O) groups excluding carboxylic acids is 2. The largest absolute Gasteiger partial charge is 0.465 e. The fraction of sp³-hybridized carbons (Fsp3) is 0.417. The molecule has 0 atom stereocenters. The summed E-state index contributed by atoms with van der Waals surface area (Å²) in [6.07, 6.45) is 2.41. The summed E-state index contributed by atoms with van der Waals surface area (Å²) in [5, 5.41) is 8.78. The van der Waals surface area contributed by atoms with Gasteiger partial charge in [0.1, 0.15) is 5.69 Å². The van der Waals surface area contributed by atoms with Crippen LogP contribution in [0.2, 0.25) is 0 Å². The lowest BCUT2D eigenvalue weighted by molar-refractivity contribution is 0.0593. The SMILES string of the molecule is COC(=O)c1cc(C(=O)OC)c(CCCO)cn1. The lowest BCUT2D eigenvalue weighted by Gasteiger charge is -2.08. The average Bonchev–Trinajstić information content (AvgIpc) is 2.43. The van der Waals surface area contributed by atoms with Crippen molar-refractivity contribution >= 4 is 11.9 Å². The number of aliphatic hydroxyl groups excluding tert-OH is 1. The van der Waals surface area contributed by atoms with Crippen LogP contribution in [0, 0.1) is 0 Å². The van der Waals surface area contributed by atoms with E-state index in [0.717, 1.165) is 0 Å². The second-order valence-corrected chi connectivity index (χ2v) is 3.54. The minimum Gasteiger partial charge on any atom is -0.465 e. The van der Waals surface area contributed by atoms with Crippen molar-refractivity contribution in [1.82, 2.24) is 4.98 Å². The zero-order valence-corrected chi connectivity index (χ0v) is 10.3. The molecule has 0 radical (unpaired) electrons. The van der Waals surface area contributed by atoms with Gasteiger partial charge in [0, 0.05) is 12.8 Å². The molecule has 18 heavy (non-hydrogen) atoms. The van der Waals surface area contributed by atoms with Crippen LogP contribution in [0.25, 0.3) is 0 Å². The van der Waals surface area contributed by atoms with Crippen LogP contribution in [-0.4, -0.2) is 42.9 Å². The van der Waals surface area contributed by atoms with Gasteiger partial charge in [-0.25, -0.2) is 14.6 Å². The van der Waals surface area contributed by atoms with Crippen molar-refractivity contribution in [1.29, 1.82) is 0 Å². The van der Waals surface area contributed by atoms with Crippen LogP contribution < -0.4 is 0 Å². The maximum atomic E-state index is 11.6. The highest BCUT2D eigenvalue weighted by atomic mass is 16.5. The van der Waals surface area contributed by atoms with Crippen LogP contribution in [-0.2, 0) is 15.9 Å². The standard InChI is InChI=1S/C12H15NO5/c1-17-11(15)9-6-10(12(16)18-2)13-7-8(9)4-3-5-14/h6-7,14H,3-5H2,1-2H3. The number of aryl methyl sites for hydroxylation is 1. The van der Waals surface area contributed by atoms with Gasteiger partial charge in [0.25, 0.3) is 0 Å². The van der Waals surface area contributed by atoms with E-state index in [2.05, 4.69) is 14.5 Å². The van der Waals surface area contributed by atoms with Gasteiger partial charge in [0.15, 0.2) is 0 Å². The Labute approximate surface area is 105 Å². The van der Waals surface area contributed by atoms with Crippen LogP contribution in [0.3, 0.4) is 0 Å². The molecule has 98 valence electrons. The highest BCUT2D eigenvalue weighted by Crippen LogP contribution is 2.14. The molecule has 0 saturated heterocycles. The first-order chi connectivity index (χ1) is 8.63. The third-order valence-corrected chi connectivity index (χ3v) is 2.39.